The van der Waals surface area contributed by atoms with E-state index in [1.165, 1.54) is 13.2 Å². The van der Waals surface area contributed by atoms with Crippen LogP contribution in [0.4, 0.5) is 4.39 Å². The Morgan fingerprint density at radius 3 is 2.50 bits per heavy atom. The summed E-state index contributed by atoms with van der Waals surface area (Å²) in [6.07, 6.45) is 0.645. The van der Waals surface area contributed by atoms with Crippen molar-refractivity contribution in [2.45, 2.75) is 25.4 Å². The minimum atomic E-state index is -0.304. The molecule has 0 aromatic heterocycles. The third-order valence-electron chi connectivity index (χ3n) is 3.50. The Morgan fingerprint density at radius 1 is 1.14 bits per heavy atom. The van der Waals surface area contributed by atoms with E-state index in [0.717, 1.165) is 5.56 Å². The molecule has 1 unspecified atom stereocenters. The number of rotatable bonds is 7. The van der Waals surface area contributed by atoms with Crippen LogP contribution in [0, 0.1) is 5.82 Å². The first kappa shape index (κ1) is 16.2. The lowest BCUT2D eigenvalue weighted by Gasteiger charge is -2.18. The van der Waals surface area contributed by atoms with E-state index in [2.05, 4.69) is 5.32 Å². The molecule has 116 valence electrons. The van der Waals surface area contributed by atoms with Gasteiger partial charge in [-0.2, -0.15) is 0 Å². The highest BCUT2D eigenvalue weighted by Crippen LogP contribution is 2.12. The highest BCUT2D eigenvalue weighted by molar-refractivity contribution is 5.70. The van der Waals surface area contributed by atoms with Gasteiger partial charge in [-0.15, -0.1) is 0 Å². The standard InChI is InChI=1S/C18H20FNO2/c1-22-18(21)12-16(11-15-9-5-6-10-17(15)19)20-13-14-7-3-2-4-8-14/h2-10,16,20H,11-13H2,1H3. The Hall–Kier alpha value is -2.20. The van der Waals surface area contributed by atoms with E-state index in [-0.39, 0.29) is 24.2 Å². The zero-order chi connectivity index (χ0) is 15.8. The number of carbonyl (C=O) groups is 1. The fourth-order valence-corrected chi connectivity index (χ4v) is 2.29. The molecule has 2 rings (SSSR count). The van der Waals surface area contributed by atoms with E-state index in [1.807, 2.05) is 30.3 Å². The molecule has 0 radical (unpaired) electrons. The lowest BCUT2D eigenvalue weighted by atomic mass is 10.0. The van der Waals surface area contributed by atoms with Gasteiger partial charge in [-0.1, -0.05) is 48.5 Å². The van der Waals surface area contributed by atoms with Crippen molar-refractivity contribution in [3.8, 4) is 0 Å². The molecular formula is C18H20FNO2. The molecule has 0 heterocycles. The van der Waals surface area contributed by atoms with Gasteiger partial charge in [-0.05, 0) is 23.6 Å². The Bertz CT molecular complexity index is 601. The SMILES string of the molecule is COC(=O)CC(Cc1ccccc1F)NCc1ccccc1. The molecule has 4 heteroatoms. The lowest BCUT2D eigenvalue weighted by molar-refractivity contribution is -0.141. The monoisotopic (exact) mass is 301 g/mol. The number of ether oxygens (including phenoxy) is 1. The molecule has 0 aliphatic carbocycles. The van der Waals surface area contributed by atoms with Gasteiger partial charge < -0.3 is 10.1 Å². The first-order valence-corrected chi connectivity index (χ1v) is 7.26. The van der Waals surface area contributed by atoms with Crippen LogP contribution in [0.2, 0.25) is 0 Å². The number of carbonyl (C=O) groups excluding carboxylic acids is 1. The summed E-state index contributed by atoms with van der Waals surface area (Å²) in [6.45, 7) is 0.622. The van der Waals surface area contributed by atoms with Gasteiger partial charge in [-0.25, -0.2) is 4.39 Å². The molecule has 1 atom stereocenters. The predicted molar refractivity (Wildman–Crippen MR) is 83.8 cm³/mol. The summed E-state index contributed by atoms with van der Waals surface area (Å²) in [5, 5.41) is 3.31. The minimum absolute atomic E-state index is 0.176. The summed E-state index contributed by atoms with van der Waals surface area (Å²) < 4.78 is 18.5. The zero-order valence-corrected chi connectivity index (χ0v) is 12.6. The second-order valence-electron chi connectivity index (χ2n) is 5.14. The quantitative estimate of drug-likeness (QED) is 0.799. The fourth-order valence-electron chi connectivity index (χ4n) is 2.29. The third-order valence-corrected chi connectivity index (χ3v) is 3.50. The van der Waals surface area contributed by atoms with Gasteiger partial charge in [0.25, 0.3) is 0 Å². The molecule has 1 N–H and O–H groups in total. The molecule has 0 amide bonds. The van der Waals surface area contributed by atoms with Gasteiger partial charge in [0.15, 0.2) is 0 Å². The predicted octanol–water partition coefficient (Wildman–Crippen LogP) is 3.09. The molecule has 0 saturated carbocycles. The number of nitrogens with one attached hydrogen (secondary N) is 1. The molecule has 2 aromatic rings. The van der Waals surface area contributed by atoms with E-state index in [4.69, 9.17) is 4.74 Å². The van der Waals surface area contributed by atoms with Crippen LogP contribution >= 0.6 is 0 Å². The first-order valence-electron chi connectivity index (χ1n) is 7.26. The normalized spacial score (nSPS) is 11.9. The number of halogens is 1. The summed E-state index contributed by atoms with van der Waals surface area (Å²) in [6, 6.07) is 16.3. The summed E-state index contributed by atoms with van der Waals surface area (Å²) in [5.74, 6) is -0.555. The summed E-state index contributed by atoms with van der Waals surface area (Å²) in [7, 11) is 1.36. The third kappa shape index (κ3) is 4.97. The molecule has 2 aromatic carbocycles. The van der Waals surface area contributed by atoms with E-state index in [9.17, 15) is 9.18 Å². The van der Waals surface area contributed by atoms with Crippen molar-refractivity contribution < 1.29 is 13.9 Å². The Morgan fingerprint density at radius 2 is 1.82 bits per heavy atom. The van der Waals surface area contributed by atoms with Crippen molar-refractivity contribution in [2.75, 3.05) is 7.11 Å². The average molecular weight is 301 g/mol. The smallest absolute Gasteiger partial charge is 0.307 e. The molecule has 0 spiro atoms. The second kappa shape index (κ2) is 8.29. The van der Waals surface area contributed by atoms with E-state index in [1.54, 1.807) is 18.2 Å². The number of hydrogen-bond donors (Lipinski definition) is 1. The van der Waals surface area contributed by atoms with Crippen LogP contribution < -0.4 is 5.32 Å². The van der Waals surface area contributed by atoms with Gasteiger partial charge in [0.1, 0.15) is 5.82 Å². The summed E-state index contributed by atoms with van der Waals surface area (Å²) in [4.78, 5) is 11.6. The van der Waals surface area contributed by atoms with Crippen molar-refractivity contribution in [3.63, 3.8) is 0 Å². The molecule has 0 saturated heterocycles. The fraction of sp³-hybridized carbons (Fsp3) is 0.278. The Kier molecular flexibility index (Phi) is 6.10. The number of esters is 1. The Labute approximate surface area is 130 Å². The van der Waals surface area contributed by atoms with Crippen LogP contribution in [0.1, 0.15) is 17.5 Å². The van der Waals surface area contributed by atoms with Gasteiger partial charge >= 0.3 is 5.97 Å². The van der Waals surface area contributed by atoms with Crippen molar-refractivity contribution in [2.24, 2.45) is 0 Å². The molecule has 0 bridgehead atoms. The molecule has 0 aliphatic heterocycles. The number of hydrogen-bond acceptors (Lipinski definition) is 3. The largest absolute Gasteiger partial charge is 0.469 e. The van der Waals surface area contributed by atoms with Gasteiger partial charge in [0.2, 0.25) is 0 Å². The van der Waals surface area contributed by atoms with Gasteiger partial charge in [0, 0.05) is 12.6 Å². The lowest BCUT2D eigenvalue weighted by Crippen LogP contribution is -2.33. The molecular weight excluding hydrogens is 281 g/mol. The van der Waals surface area contributed by atoms with Crippen LogP contribution in [0.5, 0.6) is 0 Å². The van der Waals surface area contributed by atoms with Crippen LogP contribution in [-0.4, -0.2) is 19.1 Å². The van der Waals surface area contributed by atoms with Crippen LogP contribution in [0.25, 0.3) is 0 Å². The maximum absolute atomic E-state index is 13.8. The first-order chi connectivity index (χ1) is 10.7. The highest BCUT2D eigenvalue weighted by Gasteiger charge is 2.16. The average Bonchev–Trinajstić information content (AvgIpc) is 2.55. The number of benzene rings is 2. The van der Waals surface area contributed by atoms with Gasteiger partial charge in [-0.3, -0.25) is 4.79 Å². The van der Waals surface area contributed by atoms with E-state index in [0.29, 0.717) is 18.5 Å². The molecule has 0 aliphatic rings. The Balaban J connectivity index is 2.02. The number of methoxy groups -OCH3 is 1. The minimum Gasteiger partial charge on any atom is -0.469 e. The second-order valence-corrected chi connectivity index (χ2v) is 5.14. The van der Waals surface area contributed by atoms with Crippen LogP contribution in [0.3, 0.4) is 0 Å². The maximum Gasteiger partial charge on any atom is 0.307 e. The topological polar surface area (TPSA) is 38.3 Å². The molecule has 22 heavy (non-hydrogen) atoms. The van der Waals surface area contributed by atoms with Crippen molar-refractivity contribution in [1.82, 2.24) is 5.32 Å². The molecule has 0 fully saturated rings. The van der Waals surface area contributed by atoms with Crippen molar-refractivity contribution >= 4 is 5.97 Å². The summed E-state index contributed by atoms with van der Waals surface area (Å²) >= 11 is 0. The van der Waals surface area contributed by atoms with Crippen LogP contribution in [0.15, 0.2) is 54.6 Å². The maximum atomic E-state index is 13.8. The van der Waals surface area contributed by atoms with Crippen molar-refractivity contribution in [1.29, 1.82) is 0 Å². The van der Waals surface area contributed by atoms with Crippen LogP contribution in [-0.2, 0) is 22.5 Å². The molecule has 3 nitrogen and oxygen atoms in total. The van der Waals surface area contributed by atoms with Gasteiger partial charge in [0.05, 0.1) is 13.5 Å². The van der Waals surface area contributed by atoms with Crippen molar-refractivity contribution in [3.05, 3.63) is 71.5 Å². The van der Waals surface area contributed by atoms with E-state index < -0.39 is 0 Å². The zero-order valence-electron chi connectivity index (χ0n) is 12.6. The van der Waals surface area contributed by atoms with E-state index >= 15 is 0 Å². The highest BCUT2D eigenvalue weighted by atomic mass is 19.1. The summed E-state index contributed by atoms with van der Waals surface area (Å²) in [5.41, 5.74) is 1.71.